The van der Waals surface area contributed by atoms with Gasteiger partial charge in [-0.2, -0.15) is 0 Å². The first-order chi connectivity index (χ1) is 13.3. The van der Waals surface area contributed by atoms with Crippen molar-refractivity contribution in [1.29, 1.82) is 0 Å². The number of carboxylic acid groups (broad SMARTS) is 1. The number of carbonyl (C=O) groups is 1. The number of nitrogen functional groups attached to an aromatic ring is 1. The van der Waals surface area contributed by atoms with Crippen molar-refractivity contribution in [3.05, 3.63) is 71.1 Å². The number of nitrogens with two attached hydrogens (primary N) is 1. The van der Waals surface area contributed by atoms with E-state index in [9.17, 15) is 18.3 Å². The lowest BCUT2D eigenvalue weighted by Gasteiger charge is -2.14. The van der Waals surface area contributed by atoms with E-state index in [1.807, 2.05) is 0 Å². The summed E-state index contributed by atoms with van der Waals surface area (Å²) >= 11 is 6.15. The summed E-state index contributed by atoms with van der Waals surface area (Å²) in [5.41, 5.74) is 6.25. The summed E-state index contributed by atoms with van der Waals surface area (Å²) in [6, 6.07) is 11.7. The zero-order chi connectivity index (χ0) is 20.3. The van der Waals surface area contributed by atoms with Crippen LogP contribution in [0.2, 0.25) is 5.02 Å². The molecule has 0 atom stereocenters. The van der Waals surface area contributed by atoms with Crippen LogP contribution in [-0.4, -0.2) is 19.5 Å². The molecule has 0 fully saturated rings. The summed E-state index contributed by atoms with van der Waals surface area (Å²) in [5.74, 6) is -0.725. The number of benzene rings is 2. The molecule has 3 rings (SSSR count). The standard InChI is InChI=1S/C18H16ClN3O5S/c19-15-9-16(21-10-13-2-1-7-27-13)14(18(23)24)8-17(15)28(25,26)22-12-5-3-11(20)4-6-12/h1-9,21-22H,10,20H2,(H,23,24). The highest BCUT2D eigenvalue weighted by Gasteiger charge is 2.23. The third-order valence-electron chi connectivity index (χ3n) is 3.79. The van der Waals surface area contributed by atoms with E-state index in [4.69, 9.17) is 21.8 Å². The summed E-state index contributed by atoms with van der Waals surface area (Å²) in [6.07, 6.45) is 1.49. The Morgan fingerprint density at radius 1 is 1.18 bits per heavy atom. The molecule has 10 heteroatoms. The maximum Gasteiger partial charge on any atom is 0.337 e. The van der Waals surface area contributed by atoms with Crippen molar-refractivity contribution in [2.24, 2.45) is 0 Å². The van der Waals surface area contributed by atoms with Crippen LogP contribution in [0.5, 0.6) is 0 Å². The summed E-state index contributed by atoms with van der Waals surface area (Å²) in [5, 5.41) is 12.2. The lowest BCUT2D eigenvalue weighted by Crippen LogP contribution is -2.15. The highest BCUT2D eigenvalue weighted by Crippen LogP contribution is 2.31. The lowest BCUT2D eigenvalue weighted by molar-refractivity contribution is 0.0697. The Morgan fingerprint density at radius 2 is 1.89 bits per heavy atom. The number of nitrogens with one attached hydrogen (secondary N) is 2. The van der Waals surface area contributed by atoms with Gasteiger partial charge in [-0.1, -0.05) is 11.6 Å². The fourth-order valence-electron chi connectivity index (χ4n) is 2.44. The number of halogens is 1. The van der Waals surface area contributed by atoms with Crippen molar-refractivity contribution in [3.63, 3.8) is 0 Å². The molecular formula is C18H16ClN3O5S. The Kier molecular flexibility index (Phi) is 5.48. The van der Waals surface area contributed by atoms with Gasteiger partial charge in [-0.25, -0.2) is 13.2 Å². The minimum atomic E-state index is -4.12. The number of furan rings is 1. The fourth-order valence-corrected chi connectivity index (χ4v) is 4.05. The van der Waals surface area contributed by atoms with Crippen LogP contribution in [0.4, 0.5) is 17.1 Å². The number of sulfonamides is 1. The third-order valence-corrected chi connectivity index (χ3v) is 5.63. The number of hydrogen-bond acceptors (Lipinski definition) is 6. The van der Waals surface area contributed by atoms with Crippen LogP contribution in [0, 0.1) is 0 Å². The average Bonchev–Trinajstić information content (AvgIpc) is 3.15. The van der Waals surface area contributed by atoms with E-state index in [-0.39, 0.29) is 33.4 Å². The van der Waals surface area contributed by atoms with Crippen LogP contribution in [0.3, 0.4) is 0 Å². The molecule has 0 aliphatic heterocycles. The molecule has 0 bridgehead atoms. The van der Waals surface area contributed by atoms with E-state index in [1.54, 1.807) is 12.1 Å². The molecule has 0 amide bonds. The molecule has 0 aliphatic rings. The topological polar surface area (TPSA) is 135 Å². The van der Waals surface area contributed by atoms with Crippen LogP contribution >= 0.6 is 11.6 Å². The fraction of sp³-hybridized carbons (Fsp3) is 0.0556. The summed E-state index contributed by atoms with van der Waals surface area (Å²) in [4.78, 5) is 11.3. The molecule has 1 aromatic heterocycles. The monoisotopic (exact) mass is 421 g/mol. The number of anilines is 3. The molecule has 0 aliphatic carbocycles. The molecule has 0 radical (unpaired) electrons. The Morgan fingerprint density at radius 3 is 2.50 bits per heavy atom. The van der Waals surface area contributed by atoms with Gasteiger partial charge >= 0.3 is 5.97 Å². The van der Waals surface area contributed by atoms with Gasteiger partial charge in [0.25, 0.3) is 10.0 Å². The second-order valence-electron chi connectivity index (χ2n) is 5.79. The molecule has 0 saturated carbocycles. The number of aromatic carboxylic acids is 1. The van der Waals surface area contributed by atoms with Gasteiger partial charge in [0.15, 0.2) is 0 Å². The third kappa shape index (κ3) is 4.38. The van der Waals surface area contributed by atoms with Gasteiger partial charge in [0, 0.05) is 11.4 Å². The van der Waals surface area contributed by atoms with Crippen molar-refractivity contribution in [2.45, 2.75) is 11.4 Å². The van der Waals surface area contributed by atoms with Crippen molar-refractivity contribution < 1.29 is 22.7 Å². The maximum absolute atomic E-state index is 12.7. The Balaban J connectivity index is 1.93. The SMILES string of the molecule is Nc1ccc(NS(=O)(=O)c2cc(C(=O)O)c(NCc3ccco3)cc2Cl)cc1. The highest BCUT2D eigenvalue weighted by molar-refractivity contribution is 7.92. The summed E-state index contributed by atoms with van der Waals surface area (Å²) in [6.45, 7) is 0.208. The first kappa shape index (κ1) is 19.6. The smallest absolute Gasteiger partial charge is 0.337 e. The molecule has 28 heavy (non-hydrogen) atoms. The molecule has 5 N–H and O–H groups in total. The van der Waals surface area contributed by atoms with Crippen LogP contribution in [0.15, 0.2) is 64.1 Å². The maximum atomic E-state index is 12.7. The Hall–Kier alpha value is -3.17. The normalized spacial score (nSPS) is 11.2. The molecule has 146 valence electrons. The van der Waals surface area contributed by atoms with E-state index in [1.165, 1.54) is 36.6 Å². The zero-order valence-corrected chi connectivity index (χ0v) is 15.9. The minimum Gasteiger partial charge on any atom is -0.478 e. The van der Waals surface area contributed by atoms with Crippen LogP contribution in [0.1, 0.15) is 16.1 Å². The summed E-state index contributed by atoms with van der Waals surface area (Å²) in [7, 11) is -4.12. The van der Waals surface area contributed by atoms with Crippen molar-refractivity contribution in [2.75, 3.05) is 15.8 Å². The van der Waals surface area contributed by atoms with Gasteiger partial charge in [0.1, 0.15) is 10.7 Å². The van der Waals surface area contributed by atoms with Gasteiger partial charge in [0.2, 0.25) is 0 Å². The Bertz CT molecular complexity index is 1100. The second kappa shape index (κ2) is 7.83. The van der Waals surface area contributed by atoms with Gasteiger partial charge in [0.05, 0.1) is 29.1 Å². The lowest BCUT2D eigenvalue weighted by atomic mass is 10.1. The quantitative estimate of drug-likeness (QED) is 0.428. The predicted molar refractivity (Wildman–Crippen MR) is 106 cm³/mol. The first-order valence-electron chi connectivity index (χ1n) is 7.98. The van der Waals surface area contributed by atoms with Crippen molar-refractivity contribution in [1.82, 2.24) is 0 Å². The molecule has 3 aromatic rings. The largest absolute Gasteiger partial charge is 0.478 e. The molecule has 0 spiro atoms. The molecule has 8 nitrogen and oxygen atoms in total. The van der Waals surface area contributed by atoms with Gasteiger partial charge in [-0.15, -0.1) is 0 Å². The van der Waals surface area contributed by atoms with E-state index in [0.29, 0.717) is 11.4 Å². The molecule has 1 heterocycles. The summed E-state index contributed by atoms with van der Waals surface area (Å²) < 4.78 is 32.9. The second-order valence-corrected chi connectivity index (χ2v) is 7.85. The Labute approximate surface area is 166 Å². The predicted octanol–water partition coefficient (Wildman–Crippen LogP) is 3.63. The van der Waals surface area contributed by atoms with E-state index < -0.39 is 16.0 Å². The number of hydrogen-bond donors (Lipinski definition) is 4. The average molecular weight is 422 g/mol. The number of carboxylic acids is 1. The van der Waals surface area contributed by atoms with Gasteiger partial charge in [-0.05, 0) is 48.5 Å². The van der Waals surface area contributed by atoms with Gasteiger partial charge < -0.3 is 20.6 Å². The van der Waals surface area contributed by atoms with E-state index in [0.717, 1.165) is 6.07 Å². The molecule has 0 saturated heterocycles. The van der Waals surface area contributed by atoms with E-state index >= 15 is 0 Å². The molecule has 0 unspecified atom stereocenters. The van der Waals surface area contributed by atoms with Gasteiger partial charge in [-0.3, -0.25) is 4.72 Å². The first-order valence-corrected chi connectivity index (χ1v) is 9.84. The highest BCUT2D eigenvalue weighted by atomic mass is 35.5. The van der Waals surface area contributed by atoms with Crippen LogP contribution < -0.4 is 15.8 Å². The van der Waals surface area contributed by atoms with Crippen molar-refractivity contribution >= 4 is 44.7 Å². The molecular weight excluding hydrogens is 406 g/mol. The van der Waals surface area contributed by atoms with Crippen LogP contribution in [0.25, 0.3) is 0 Å². The minimum absolute atomic E-state index is 0.130. The van der Waals surface area contributed by atoms with E-state index in [2.05, 4.69) is 10.0 Å². The zero-order valence-electron chi connectivity index (χ0n) is 14.3. The molecule has 2 aromatic carbocycles. The number of rotatable bonds is 7. The van der Waals surface area contributed by atoms with Crippen molar-refractivity contribution in [3.8, 4) is 0 Å². The van der Waals surface area contributed by atoms with Crippen LogP contribution in [-0.2, 0) is 16.6 Å².